The molecule has 1 aromatic rings. The third-order valence-electron chi connectivity index (χ3n) is 2.37. The van der Waals surface area contributed by atoms with Crippen molar-refractivity contribution >= 4 is 0 Å². The molecule has 2 N–H and O–H groups in total. The van der Waals surface area contributed by atoms with E-state index in [1.54, 1.807) is 0 Å². The van der Waals surface area contributed by atoms with E-state index in [-0.39, 0.29) is 0 Å². The van der Waals surface area contributed by atoms with Crippen LogP contribution in [0.4, 0.5) is 0 Å². The molecular formula is C8H13N3. The summed E-state index contributed by atoms with van der Waals surface area (Å²) >= 11 is 0. The quantitative estimate of drug-likeness (QED) is 0.652. The highest BCUT2D eigenvalue weighted by molar-refractivity contribution is 5.26. The third kappa shape index (κ3) is 1.05. The molecule has 0 saturated heterocycles. The Balaban J connectivity index is 2.18. The minimum Gasteiger partial charge on any atom is -0.319 e. The molecule has 1 unspecified atom stereocenters. The average Bonchev–Trinajstić information content (AvgIpc) is 2.53. The predicted molar refractivity (Wildman–Crippen MR) is 43.6 cm³/mol. The summed E-state index contributed by atoms with van der Waals surface area (Å²) in [5, 5.41) is 10.3. The van der Waals surface area contributed by atoms with Gasteiger partial charge in [0.05, 0.1) is 6.20 Å². The van der Waals surface area contributed by atoms with Crippen LogP contribution in [0.3, 0.4) is 0 Å². The molecule has 0 aromatic carbocycles. The van der Waals surface area contributed by atoms with Gasteiger partial charge in [0.25, 0.3) is 0 Å². The first-order chi connectivity index (χ1) is 5.42. The number of hydrogen-bond donors (Lipinski definition) is 2. The lowest BCUT2D eigenvalue weighted by molar-refractivity contribution is 0.606. The summed E-state index contributed by atoms with van der Waals surface area (Å²) in [7, 11) is 1.99. The summed E-state index contributed by atoms with van der Waals surface area (Å²) in [6.07, 6.45) is 4.41. The molecule has 1 aliphatic carbocycles. The van der Waals surface area contributed by atoms with Crippen molar-refractivity contribution in [3.63, 3.8) is 0 Å². The van der Waals surface area contributed by atoms with Crippen molar-refractivity contribution in [2.75, 3.05) is 13.6 Å². The zero-order chi connectivity index (χ0) is 7.68. The lowest BCUT2D eigenvalue weighted by Gasteiger charge is -2.06. The molecule has 1 aromatic heterocycles. The number of aromatic amines is 1. The summed E-state index contributed by atoms with van der Waals surface area (Å²) in [6, 6.07) is 0. The molecule has 0 spiro atoms. The van der Waals surface area contributed by atoms with Gasteiger partial charge in [-0.3, -0.25) is 5.10 Å². The van der Waals surface area contributed by atoms with Crippen LogP contribution in [0.1, 0.15) is 23.6 Å². The first kappa shape index (κ1) is 6.85. The summed E-state index contributed by atoms with van der Waals surface area (Å²) in [5.74, 6) is 0.664. The van der Waals surface area contributed by atoms with Crippen molar-refractivity contribution in [1.82, 2.24) is 15.5 Å². The third-order valence-corrected chi connectivity index (χ3v) is 2.37. The highest BCUT2D eigenvalue weighted by Gasteiger charge is 2.23. The van der Waals surface area contributed by atoms with Crippen LogP contribution in [-0.2, 0) is 6.42 Å². The number of rotatable bonds is 2. The van der Waals surface area contributed by atoms with Crippen molar-refractivity contribution < 1.29 is 0 Å². The van der Waals surface area contributed by atoms with Crippen LogP contribution >= 0.6 is 0 Å². The maximum atomic E-state index is 4.02. The molecule has 0 amide bonds. The molecule has 1 heterocycles. The predicted octanol–water partition coefficient (Wildman–Crippen LogP) is 0.659. The Hall–Kier alpha value is -0.830. The Morgan fingerprint density at radius 2 is 2.73 bits per heavy atom. The minimum atomic E-state index is 0.664. The molecule has 3 heteroatoms. The number of aromatic nitrogens is 2. The first-order valence-electron chi connectivity index (χ1n) is 4.08. The van der Waals surface area contributed by atoms with Crippen LogP contribution < -0.4 is 5.32 Å². The summed E-state index contributed by atoms with van der Waals surface area (Å²) < 4.78 is 0. The van der Waals surface area contributed by atoms with E-state index >= 15 is 0 Å². The average molecular weight is 151 g/mol. The molecule has 2 rings (SSSR count). The number of nitrogens with zero attached hydrogens (tertiary/aromatic N) is 1. The number of likely N-dealkylation sites (N-methyl/N-ethyl adjacent to an activating group) is 1. The molecule has 0 saturated carbocycles. The van der Waals surface area contributed by atoms with E-state index in [1.165, 1.54) is 24.1 Å². The number of nitrogens with one attached hydrogen (secondary N) is 2. The van der Waals surface area contributed by atoms with E-state index in [0.29, 0.717) is 5.92 Å². The van der Waals surface area contributed by atoms with Gasteiger partial charge in [-0.2, -0.15) is 5.10 Å². The second-order valence-electron chi connectivity index (χ2n) is 3.10. The van der Waals surface area contributed by atoms with Gasteiger partial charge < -0.3 is 5.32 Å². The molecular weight excluding hydrogens is 138 g/mol. The van der Waals surface area contributed by atoms with E-state index in [2.05, 4.69) is 15.5 Å². The van der Waals surface area contributed by atoms with Crippen molar-refractivity contribution in [2.24, 2.45) is 0 Å². The zero-order valence-electron chi connectivity index (χ0n) is 6.72. The second kappa shape index (κ2) is 2.66. The number of aryl methyl sites for hydroxylation is 1. The second-order valence-corrected chi connectivity index (χ2v) is 3.10. The van der Waals surface area contributed by atoms with Gasteiger partial charge in [-0.25, -0.2) is 0 Å². The summed E-state index contributed by atoms with van der Waals surface area (Å²) in [5.41, 5.74) is 2.75. The Labute approximate surface area is 66.2 Å². The monoisotopic (exact) mass is 151 g/mol. The fraction of sp³-hybridized carbons (Fsp3) is 0.625. The van der Waals surface area contributed by atoms with E-state index in [1.807, 2.05) is 13.2 Å². The highest BCUT2D eigenvalue weighted by atomic mass is 15.1. The summed E-state index contributed by atoms with van der Waals surface area (Å²) in [4.78, 5) is 0. The van der Waals surface area contributed by atoms with Gasteiger partial charge in [0, 0.05) is 18.2 Å². The van der Waals surface area contributed by atoms with Crippen LogP contribution in [0.2, 0.25) is 0 Å². The van der Waals surface area contributed by atoms with Gasteiger partial charge in [-0.15, -0.1) is 0 Å². The van der Waals surface area contributed by atoms with Gasteiger partial charge in [0.1, 0.15) is 0 Å². The molecule has 0 aliphatic heterocycles. The van der Waals surface area contributed by atoms with Crippen LogP contribution in [0, 0.1) is 0 Å². The highest BCUT2D eigenvalue weighted by Crippen LogP contribution is 2.29. The number of hydrogen-bond acceptors (Lipinski definition) is 2. The SMILES string of the molecule is CNCC1CCc2cn[nH]c21. The molecule has 0 bridgehead atoms. The topological polar surface area (TPSA) is 40.7 Å². The normalized spacial score (nSPS) is 22.1. The number of H-pyrrole nitrogens is 1. The van der Waals surface area contributed by atoms with Crippen molar-refractivity contribution in [3.8, 4) is 0 Å². The Bertz CT molecular complexity index is 241. The Kier molecular flexibility index (Phi) is 1.66. The first-order valence-corrected chi connectivity index (χ1v) is 4.08. The van der Waals surface area contributed by atoms with Crippen molar-refractivity contribution in [2.45, 2.75) is 18.8 Å². The standard InChI is InChI=1S/C8H13N3/c1-9-4-6-2-3-7-5-10-11-8(6)7/h5-6,9H,2-4H2,1H3,(H,10,11). The molecule has 60 valence electrons. The van der Waals surface area contributed by atoms with E-state index < -0.39 is 0 Å². The zero-order valence-corrected chi connectivity index (χ0v) is 6.72. The van der Waals surface area contributed by atoms with Gasteiger partial charge in [-0.1, -0.05) is 0 Å². The summed E-state index contributed by atoms with van der Waals surface area (Å²) in [6.45, 7) is 1.06. The molecule has 3 nitrogen and oxygen atoms in total. The molecule has 0 radical (unpaired) electrons. The largest absolute Gasteiger partial charge is 0.319 e. The fourth-order valence-corrected chi connectivity index (χ4v) is 1.80. The Morgan fingerprint density at radius 1 is 1.82 bits per heavy atom. The van der Waals surface area contributed by atoms with E-state index in [9.17, 15) is 0 Å². The smallest absolute Gasteiger partial charge is 0.0522 e. The maximum absolute atomic E-state index is 4.02. The van der Waals surface area contributed by atoms with Crippen LogP contribution in [-0.4, -0.2) is 23.8 Å². The molecule has 11 heavy (non-hydrogen) atoms. The Morgan fingerprint density at radius 3 is 3.55 bits per heavy atom. The van der Waals surface area contributed by atoms with E-state index in [4.69, 9.17) is 0 Å². The van der Waals surface area contributed by atoms with Gasteiger partial charge >= 0.3 is 0 Å². The van der Waals surface area contributed by atoms with Gasteiger partial charge in [0.15, 0.2) is 0 Å². The lowest BCUT2D eigenvalue weighted by Crippen LogP contribution is -2.15. The molecule has 0 fully saturated rings. The van der Waals surface area contributed by atoms with Crippen LogP contribution in [0.15, 0.2) is 6.20 Å². The van der Waals surface area contributed by atoms with Crippen LogP contribution in [0.5, 0.6) is 0 Å². The lowest BCUT2D eigenvalue weighted by atomic mass is 10.1. The number of fused-ring (bicyclic) bond motifs is 1. The van der Waals surface area contributed by atoms with Crippen molar-refractivity contribution in [1.29, 1.82) is 0 Å². The maximum Gasteiger partial charge on any atom is 0.0522 e. The molecule has 1 atom stereocenters. The molecule has 1 aliphatic rings. The van der Waals surface area contributed by atoms with Gasteiger partial charge in [-0.05, 0) is 25.5 Å². The van der Waals surface area contributed by atoms with Gasteiger partial charge in [0.2, 0.25) is 0 Å². The fourth-order valence-electron chi connectivity index (χ4n) is 1.80. The van der Waals surface area contributed by atoms with Crippen molar-refractivity contribution in [3.05, 3.63) is 17.5 Å². The minimum absolute atomic E-state index is 0.664. The van der Waals surface area contributed by atoms with E-state index in [0.717, 1.165) is 6.54 Å². The van der Waals surface area contributed by atoms with Crippen LogP contribution in [0.25, 0.3) is 0 Å².